The lowest BCUT2D eigenvalue weighted by Gasteiger charge is -2.34. The van der Waals surface area contributed by atoms with E-state index in [1.165, 1.54) is 57.7 Å². The van der Waals surface area contributed by atoms with Gasteiger partial charge in [0, 0.05) is 57.5 Å². The fourth-order valence-corrected chi connectivity index (χ4v) is 3.07. The molecule has 1 saturated heterocycles. The first-order valence-electron chi connectivity index (χ1n) is 8.21. The van der Waals surface area contributed by atoms with Crippen LogP contribution in [0.3, 0.4) is 0 Å². The fourth-order valence-electron chi connectivity index (χ4n) is 3.07. The summed E-state index contributed by atoms with van der Waals surface area (Å²) in [5, 5.41) is 0. The van der Waals surface area contributed by atoms with E-state index in [9.17, 15) is 0 Å². The van der Waals surface area contributed by atoms with E-state index in [2.05, 4.69) is 33.9 Å². The fraction of sp³-hybridized carbons (Fsp3) is 0.647. The maximum absolute atomic E-state index is 6.10. The maximum Gasteiger partial charge on any atom is 0.0359 e. The van der Waals surface area contributed by atoms with Gasteiger partial charge in [0.25, 0.3) is 0 Å². The third kappa shape index (κ3) is 4.19. The zero-order valence-corrected chi connectivity index (χ0v) is 13.2. The van der Waals surface area contributed by atoms with Crippen LogP contribution in [0.5, 0.6) is 0 Å². The van der Waals surface area contributed by atoms with E-state index in [-0.39, 0.29) is 0 Å². The van der Waals surface area contributed by atoms with Crippen molar-refractivity contribution in [2.75, 3.05) is 52.0 Å². The van der Waals surface area contributed by atoms with Crippen molar-refractivity contribution in [1.82, 2.24) is 14.7 Å². The summed E-state index contributed by atoms with van der Waals surface area (Å²) in [5.74, 6) is 0. The van der Waals surface area contributed by atoms with Crippen LogP contribution >= 0.6 is 0 Å². The Hall–Kier alpha value is -1.10. The van der Waals surface area contributed by atoms with Gasteiger partial charge >= 0.3 is 0 Å². The van der Waals surface area contributed by atoms with Crippen LogP contribution in [0.1, 0.15) is 18.4 Å². The Morgan fingerprint density at radius 2 is 1.86 bits per heavy atom. The molecule has 4 heteroatoms. The molecule has 0 spiro atoms. The summed E-state index contributed by atoms with van der Waals surface area (Å²) in [5.41, 5.74) is 8.31. The summed E-state index contributed by atoms with van der Waals surface area (Å²) in [6, 6.07) is 9.08. The molecule has 2 fully saturated rings. The van der Waals surface area contributed by atoms with Gasteiger partial charge in [-0.25, -0.2) is 0 Å². The second-order valence-corrected chi connectivity index (χ2v) is 6.55. The van der Waals surface area contributed by atoms with E-state index < -0.39 is 0 Å². The van der Waals surface area contributed by atoms with Crippen LogP contribution in [0, 0.1) is 0 Å². The monoisotopic (exact) mass is 288 g/mol. The van der Waals surface area contributed by atoms with Gasteiger partial charge in [-0.15, -0.1) is 0 Å². The van der Waals surface area contributed by atoms with E-state index in [1.807, 2.05) is 12.1 Å². The van der Waals surface area contributed by atoms with E-state index in [1.54, 1.807) is 0 Å². The highest BCUT2D eigenvalue weighted by Crippen LogP contribution is 2.29. The highest BCUT2D eigenvalue weighted by Gasteiger charge is 2.29. The number of rotatable bonds is 6. The van der Waals surface area contributed by atoms with Crippen molar-refractivity contribution in [3.05, 3.63) is 29.8 Å². The summed E-state index contributed by atoms with van der Waals surface area (Å²) in [6.07, 6.45) is 2.71. The van der Waals surface area contributed by atoms with Gasteiger partial charge in [0.15, 0.2) is 0 Å². The zero-order valence-electron chi connectivity index (χ0n) is 13.2. The van der Waals surface area contributed by atoms with Crippen LogP contribution in [0.4, 0.5) is 5.69 Å². The molecule has 1 heterocycles. The van der Waals surface area contributed by atoms with Crippen molar-refractivity contribution in [3.63, 3.8) is 0 Å². The molecule has 116 valence electrons. The quantitative estimate of drug-likeness (QED) is 0.804. The van der Waals surface area contributed by atoms with Gasteiger partial charge in [-0.1, -0.05) is 18.2 Å². The Kier molecular flexibility index (Phi) is 4.78. The molecule has 0 amide bonds. The number of hydrogen-bond acceptors (Lipinski definition) is 4. The van der Waals surface area contributed by atoms with Gasteiger partial charge in [-0.2, -0.15) is 0 Å². The molecule has 2 aliphatic rings. The number of nitrogen functional groups attached to an aromatic ring is 1. The summed E-state index contributed by atoms with van der Waals surface area (Å²) in [4.78, 5) is 7.65. The molecule has 4 nitrogen and oxygen atoms in total. The van der Waals surface area contributed by atoms with Crippen molar-refractivity contribution < 1.29 is 0 Å². The molecule has 1 aliphatic carbocycles. The summed E-state index contributed by atoms with van der Waals surface area (Å²) in [7, 11) is 2.21. The van der Waals surface area contributed by atoms with Gasteiger partial charge in [0.2, 0.25) is 0 Å². The van der Waals surface area contributed by atoms with E-state index in [0.717, 1.165) is 18.3 Å². The van der Waals surface area contributed by atoms with Crippen molar-refractivity contribution in [3.8, 4) is 0 Å². The molecule has 0 atom stereocenters. The first kappa shape index (κ1) is 14.8. The highest BCUT2D eigenvalue weighted by atomic mass is 15.3. The number of nitrogens with zero attached hydrogens (tertiary/aromatic N) is 3. The minimum Gasteiger partial charge on any atom is -0.398 e. The summed E-state index contributed by atoms with van der Waals surface area (Å²) in [6.45, 7) is 8.19. The molecule has 0 bridgehead atoms. The number of benzene rings is 1. The molecule has 1 saturated carbocycles. The third-order valence-corrected chi connectivity index (χ3v) is 4.79. The Bertz CT molecular complexity index is 450. The third-order valence-electron chi connectivity index (χ3n) is 4.79. The normalized spacial score (nSPS) is 21.0. The lowest BCUT2D eigenvalue weighted by Crippen LogP contribution is -2.47. The van der Waals surface area contributed by atoms with Crippen molar-refractivity contribution in [2.45, 2.75) is 25.4 Å². The SMILES string of the molecule is CN1CCN(CCN(Cc2ccccc2N)C2CC2)CC1. The lowest BCUT2D eigenvalue weighted by molar-refractivity contribution is 0.131. The smallest absolute Gasteiger partial charge is 0.0359 e. The van der Waals surface area contributed by atoms with E-state index in [4.69, 9.17) is 5.73 Å². The number of para-hydroxylation sites is 1. The van der Waals surface area contributed by atoms with Crippen LogP contribution in [0.2, 0.25) is 0 Å². The average molecular weight is 288 g/mol. The molecular formula is C17H28N4. The molecular weight excluding hydrogens is 260 g/mol. The molecule has 0 aromatic heterocycles. The number of hydrogen-bond donors (Lipinski definition) is 1. The standard InChI is InChI=1S/C17H28N4/c1-19-8-10-20(11-9-19)12-13-21(16-6-7-16)14-15-4-2-3-5-17(15)18/h2-5,16H,6-14,18H2,1H3. The largest absolute Gasteiger partial charge is 0.398 e. The molecule has 1 aromatic carbocycles. The predicted molar refractivity (Wildman–Crippen MR) is 88.2 cm³/mol. The average Bonchev–Trinajstić information content (AvgIpc) is 3.32. The van der Waals surface area contributed by atoms with Gasteiger partial charge in [0.1, 0.15) is 0 Å². The predicted octanol–water partition coefficient (Wildman–Crippen LogP) is 1.48. The number of piperazine rings is 1. The Morgan fingerprint density at radius 3 is 2.52 bits per heavy atom. The second kappa shape index (κ2) is 6.77. The van der Waals surface area contributed by atoms with Crippen molar-refractivity contribution >= 4 is 5.69 Å². The Balaban J connectivity index is 1.52. The maximum atomic E-state index is 6.10. The Morgan fingerprint density at radius 1 is 1.14 bits per heavy atom. The molecule has 0 unspecified atom stereocenters. The topological polar surface area (TPSA) is 35.7 Å². The minimum atomic E-state index is 0.789. The second-order valence-electron chi connectivity index (χ2n) is 6.55. The Labute approximate surface area is 128 Å². The highest BCUT2D eigenvalue weighted by molar-refractivity contribution is 5.46. The summed E-state index contributed by atoms with van der Waals surface area (Å²) < 4.78 is 0. The number of anilines is 1. The molecule has 1 aromatic rings. The first-order chi connectivity index (χ1) is 10.2. The van der Waals surface area contributed by atoms with Crippen LogP contribution in [-0.2, 0) is 6.54 Å². The zero-order chi connectivity index (χ0) is 14.7. The number of likely N-dealkylation sites (N-methyl/N-ethyl adjacent to an activating group) is 1. The first-order valence-corrected chi connectivity index (χ1v) is 8.21. The molecule has 21 heavy (non-hydrogen) atoms. The van der Waals surface area contributed by atoms with Crippen LogP contribution in [-0.4, -0.2) is 67.1 Å². The van der Waals surface area contributed by atoms with Gasteiger partial charge in [-0.3, -0.25) is 9.80 Å². The van der Waals surface area contributed by atoms with E-state index in [0.29, 0.717) is 0 Å². The molecule has 1 aliphatic heterocycles. The minimum absolute atomic E-state index is 0.789. The molecule has 3 rings (SSSR count). The van der Waals surface area contributed by atoms with Crippen molar-refractivity contribution in [2.24, 2.45) is 0 Å². The lowest BCUT2D eigenvalue weighted by atomic mass is 10.1. The van der Waals surface area contributed by atoms with Crippen LogP contribution in [0.15, 0.2) is 24.3 Å². The van der Waals surface area contributed by atoms with Crippen molar-refractivity contribution in [1.29, 1.82) is 0 Å². The summed E-state index contributed by atoms with van der Waals surface area (Å²) >= 11 is 0. The van der Waals surface area contributed by atoms with Gasteiger partial charge < -0.3 is 10.6 Å². The molecule has 0 radical (unpaired) electrons. The van der Waals surface area contributed by atoms with Crippen LogP contribution < -0.4 is 5.73 Å². The van der Waals surface area contributed by atoms with Gasteiger partial charge in [-0.05, 0) is 31.5 Å². The number of nitrogens with two attached hydrogens (primary N) is 1. The van der Waals surface area contributed by atoms with Crippen LogP contribution in [0.25, 0.3) is 0 Å². The molecule has 2 N–H and O–H groups in total. The van der Waals surface area contributed by atoms with Gasteiger partial charge in [0.05, 0.1) is 0 Å². The van der Waals surface area contributed by atoms with E-state index >= 15 is 0 Å².